The SMILES string of the molecule is CC(C)(C)OC(=O)NC1C[C@H]2C(=O)N(CC(=O)O)c3ccccc3C(=O)N2C1. The molecule has 0 radical (unpaired) electrons. The molecular formula is C19H23N3O6. The summed E-state index contributed by atoms with van der Waals surface area (Å²) in [6, 6.07) is 5.12. The second-order valence-electron chi connectivity index (χ2n) is 7.89. The molecule has 9 heteroatoms. The third kappa shape index (κ3) is 3.92. The summed E-state index contributed by atoms with van der Waals surface area (Å²) in [5, 5.41) is 11.9. The lowest BCUT2D eigenvalue weighted by molar-refractivity contribution is -0.137. The van der Waals surface area contributed by atoms with Gasteiger partial charge in [0.1, 0.15) is 18.2 Å². The first-order valence-corrected chi connectivity index (χ1v) is 8.99. The van der Waals surface area contributed by atoms with E-state index in [1.807, 2.05) is 0 Å². The van der Waals surface area contributed by atoms with Crippen molar-refractivity contribution < 1.29 is 29.0 Å². The maximum Gasteiger partial charge on any atom is 0.407 e. The first-order valence-electron chi connectivity index (χ1n) is 8.99. The second-order valence-corrected chi connectivity index (χ2v) is 7.89. The van der Waals surface area contributed by atoms with Crippen LogP contribution in [0.4, 0.5) is 10.5 Å². The lowest BCUT2D eigenvalue weighted by Gasteiger charge is -2.24. The van der Waals surface area contributed by atoms with Gasteiger partial charge in [0.05, 0.1) is 17.3 Å². The minimum atomic E-state index is -1.18. The summed E-state index contributed by atoms with van der Waals surface area (Å²) in [4.78, 5) is 51.9. The Kier molecular flexibility index (Phi) is 5.01. The quantitative estimate of drug-likeness (QED) is 0.803. The molecule has 0 aromatic heterocycles. The van der Waals surface area contributed by atoms with Crippen LogP contribution in [0, 0.1) is 0 Å². The predicted molar refractivity (Wildman–Crippen MR) is 99.0 cm³/mol. The number of anilines is 1. The number of hydrogen-bond donors (Lipinski definition) is 2. The number of para-hydroxylation sites is 1. The Morgan fingerprint density at radius 2 is 1.93 bits per heavy atom. The molecule has 0 aliphatic carbocycles. The van der Waals surface area contributed by atoms with Crippen molar-refractivity contribution in [2.24, 2.45) is 0 Å². The van der Waals surface area contributed by atoms with Crippen LogP contribution < -0.4 is 10.2 Å². The molecule has 2 aliphatic rings. The van der Waals surface area contributed by atoms with E-state index in [1.54, 1.807) is 45.0 Å². The van der Waals surface area contributed by atoms with Gasteiger partial charge in [-0.1, -0.05) is 12.1 Å². The number of alkyl carbamates (subject to hydrolysis) is 1. The Bertz CT molecular complexity index is 831. The Labute approximate surface area is 162 Å². The average Bonchev–Trinajstić information content (AvgIpc) is 2.97. The van der Waals surface area contributed by atoms with Gasteiger partial charge in [-0.15, -0.1) is 0 Å². The van der Waals surface area contributed by atoms with Crippen molar-refractivity contribution in [3.8, 4) is 0 Å². The molecular weight excluding hydrogens is 366 g/mol. The number of amides is 3. The smallest absolute Gasteiger partial charge is 0.407 e. The van der Waals surface area contributed by atoms with Crippen molar-refractivity contribution in [2.75, 3.05) is 18.0 Å². The minimum absolute atomic E-state index is 0.143. The molecule has 150 valence electrons. The normalized spacial score (nSPS) is 21.7. The highest BCUT2D eigenvalue weighted by molar-refractivity contribution is 6.12. The van der Waals surface area contributed by atoms with Gasteiger partial charge in [-0.25, -0.2) is 4.79 Å². The molecule has 0 saturated carbocycles. The molecule has 1 saturated heterocycles. The summed E-state index contributed by atoms with van der Waals surface area (Å²) in [7, 11) is 0. The van der Waals surface area contributed by atoms with Crippen LogP contribution in [-0.2, 0) is 14.3 Å². The third-order valence-corrected chi connectivity index (χ3v) is 4.55. The number of fused-ring (bicyclic) bond motifs is 2. The second kappa shape index (κ2) is 7.14. The molecule has 9 nitrogen and oxygen atoms in total. The van der Waals surface area contributed by atoms with Gasteiger partial charge in [-0.2, -0.15) is 0 Å². The average molecular weight is 389 g/mol. The molecule has 3 amide bonds. The fraction of sp³-hybridized carbons (Fsp3) is 0.474. The van der Waals surface area contributed by atoms with Crippen LogP contribution in [0.5, 0.6) is 0 Å². The number of nitrogens with one attached hydrogen (secondary N) is 1. The van der Waals surface area contributed by atoms with Crippen molar-refractivity contribution in [2.45, 2.75) is 44.9 Å². The zero-order valence-corrected chi connectivity index (χ0v) is 16.0. The highest BCUT2D eigenvalue weighted by Gasteiger charge is 2.46. The largest absolute Gasteiger partial charge is 0.480 e. The van der Waals surface area contributed by atoms with Crippen molar-refractivity contribution in [1.82, 2.24) is 10.2 Å². The minimum Gasteiger partial charge on any atom is -0.480 e. The number of carboxylic acids is 1. The topological polar surface area (TPSA) is 116 Å². The van der Waals surface area contributed by atoms with E-state index in [0.29, 0.717) is 0 Å². The van der Waals surface area contributed by atoms with E-state index in [1.165, 1.54) is 4.90 Å². The van der Waals surface area contributed by atoms with Crippen LogP contribution in [-0.4, -0.2) is 64.7 Å². The molecule has 1 unspecified atom stereocenters. The van der Waals surface area contributed by atoms with E-state index < -0.39 is 42.2 Å². The lowest BCUT2D eigenvalue weighted by Crippen LogP contribution is -2.46. The van der Waals surface area contributed by atoms with E-state index in [-0.39, 0.29) is 30.1 Å². The molecule has 2 atom stereocenters. The summed E-state index contributed by atoms with van der Waals surface area (Å²) < 4.78 is 5.23. The van der Waals surface area contributed by atoms with E-state index >= 15 is 0 Å². The third-order valence-electron chi connectivity index (χ3n) is 4.55. The number of carbonyl (C=O) groups excluding carboxylic acids is 3. The molecule has 1 fully saturated rings. The fourth-order valence-corrected chi connectivity index (χ4v) is 3.51. The summed E-state index contributed by atoms with van der Waals surface area (Å²) in [5.41, 5.74) is -0.126. The van der Waals surface area contributed by atoms with Crippen molar-refractivity contribution in [3.05, 3.63) is 29.8 Å². The van der Waals surface area contributed by atoms with Gasteiger partial charge in [0.15, 0.2) is 0 Å². The molecule has 0 bridgehead atoms. The molecule has 1 aromatic carbocycles. The summed E-state index contributed by atoms with van der Waals surface area (Å²) >= 11 is 0. The van der Waals surface area contributed by atoms with Crippen LogP contribution in [0.1, 0.15) is 37.6 Å². The summed E-state index contributed by atoms with van der Waals surface area (Å²) in [5.74, 6) is -2.02. The lowest BCUT2D eigenvalue weighted by atomic mass is 10.1. The van der Waals surface area contributed by atoms with Crippen LogP contribution in [0.3, 0.4) is 0 Å². The van der Waals surface area contributed by atoms with Crippen molar-refractivity contribution in [3.63, 3.8) is 0 Å². The highest BCUT2D eigenvalue weighted by atomic mass is 16.6. The van der Waals surface area contributed by atoms with Crippen LogP contribution in [0.15, 0.2) is 24.3 Å². The Morgan fingerprint density at radius 3 is 2.57 bits per heavy atom. The van der Waals surface area contributed by atoms with Gasteiger partial charge in [-0.05, 0) is 39.3 Å². The monoisotopic (exact) mass is 389 g/mol. The molecule has 0 spiro atoms. The van der Waals surface area contributed by atoms with E-state index in [4.69, 9.17) is 4.74 Å². The summed E-state index contributed by atoms with van der Waals surface area (Å²) in [6.45, 7) is 4.81. The Hall–Kier alpha value is -3.10. The van der Waals surface area contributed by atoms with E-state index in [9.17, 15) is 24.3 Å². The van der Waals surface area contributed by atoms with Crippen LogP contribution in [0.25, 0.3) is 0 Å². The molecule has 2 aliphatic heterocycles. The maximum atomic E-state index is 13.1. The standard InChI is InChI=1S/C19H23N3O6/c1-19(2,3)28-18(27)20-11-8-14-17(26)22(10-15(23)24)13-7-5-4-6-12(13)16(25)21(14)9-11/h4-7,11,14H,8-10H2,1-3H3,(H,20,27)(H,23,24)/t11?,14-/m0/s1. The number of carbonyl (C=O) groups is 4. The van der Waals surface area contributed by atoms with Crippen LogP contribution in [0.2, 0.25) is 0 Å². The highest BCUT2D eigenvalue weighted by Crippen LogP contribution is 2.32. The maximum absolute atomic E-state index is 13.1. The van der Waals surface area contributed by atoms with E-state index in [0.717, 1.165) is 4.90 Å². The first kappa shape index (κ1) is 19.7. The molecule has 2 heterocycles. The van der Waals surface area contributed by atoms with Gasteiger partial charge in [0, 0.05) is 6.54 Å². The van der Waals surface area contributed by atoms with Gasteiger partial charge in [0.2, 0.25) is 5.91 Å². The van der Waals surface area contributed by atoms with E-state index in [2.05, 4.69) is 5.32 Å². The molecule has 2 N–H and O–H groups in total. The zero-order valence-electron chi connectivity index (χ0n) is 16.0. The zero-order chi connectivity index (χ0) is 20.6. The molecule has 28 heavy (non-hydrogen) atoms. The van der Waals surface area contributed by atoms with Crippen LogP contribution >= 0.6 is 0 Å². The number of benzene rings is 1. The number of ether oxygens (including phenoxy) is 1. The number of rotatable bonds is 3. The van der Waals surface area contributed by atoms with Gasteiger partial charge >= 0.3 is 12.1 Å². The van der Waals surface area contributed by atoms with Gasteiger partial charge in [0.25, 0.3) is 5.91 Å². The Morgan fingerprint density at radius 1 is 1.25 bits per heavy atom. The predicted octanol–water partition coefficient (Wildman–Crippen LogP) is 1.23. The van der Waals surface area contributed by atoms with Gasteiger partial charge in [-0.3, -0.25) is 19.3 Å². The van der Waals surface area contributed by atoms with Crippen molar-refractivity contribution >= 4 is 29.6 Å². The Balaban J connectivity index is 1.87. The number of nitrogens with zero attached hydrogens (tertiary/aromatic N) is 2. The molecule has 1 aromatic rings. The number of carboxylic acid groups (broad SMARTS) is 1. The summed E-state index contributed by atoms with van der Waals surface area (Å²) in [6.07, 6.45) is -0.439. The first-order chi connectivity index (χ1) is 13.1. The number of hydrogen-bond acceptors (Lipinski definition) is 5. The van der Waals surface area contributed by atoms with Crippen molar-refractivity contribution in [1.29, 1.82) is 0 Å². The fourth-order valence-electron chi connectivity index (χ4n) is 3.51. The molecule has 3 rings (SSSR count). The number of aliphatic carboxylic acids is 1. The van der Waals surface area contributed by atoms with Gasteiger partial charge < -0.3 is 20.1 Å².